The summed E-state index contributed by atoms with van der Waals surface area (Å²) in [5, 5.41) is 9.21. The average Bonchev–Trinajstić information content (AvgIpc) is 2.88. The van der Waals surface area contributed by atoms with Crippen molar-refractivity contribution in [1.29, 1.82) is 0 Å². The third-order valence-electron chi connectivity index (χ3n) is 2.41. The summed E-state index contributed by atoms with van der Waals surface area (Å²) in [4.78, 5) is 15.7. The minimum absolute atomic E-state index is 0.0378. The zero-order valence-corrected chi connectivity index (χ0v) is 10.9. The molecule has 96 valence electrons. The van der Waals surface area contributed by atoms with Gasteiger partial charge in [-0.25, -0.2) is 4.98 Å². The maximum Gasteiger partial charge on any atom is 0.226 e. The van der Waals surface area contributed by atoms with Gasteiger partial charge in [-0.2, -0.15) is 5.10 Å². The number of aromatic nitrogens is 3. The van der Waals surface area contributed by atoms with Crippen LogP contribution in [0.1, 0.15) is 11.3 Å². The molecule has 0 atom stereocenters. The van der Waals surface area contributed by atoms with Gasteiger partial charge in [-0.05, 0) is 12.0 Å². The molecule has 3 N–H and O–H groups in total. The standard InChI is InChI=1S/C11H15N5OS/c1-16-6-8(5-14-16)2-3-13-10(17)4-9-7-18-11(12)15-9/h5-7H,2-4H2,1H3,(H2,12,15)(H,13,17). The Hall–Kier alpha value is -1.89. The fourth-order valence-corrected chi connectivity index (χ4v) is 2.14. The van der Waals surface area contributed by atoms with Gasteiger partial charge in [0.1, 0.15) is 0 Å². The topological polar surface area (TPSA) is 85.8 Å². The lowest BCUT2D eigenvalue weighted by molar-refractivity contribution is -0.120. The Kier molecular flexibility index (Phi) is 3.93. The molecule has 0 bridgehead atoms. The lowest BCUT2D eigenvalue weighted by Crippen LogP contribution is -2.27. The fourth-order valence-electron chi connectivity index (χ4n) is 1.58. The van der Waals surface area contributed by atoms with E-state index in [2.05, 4.69) is 15.4 Å². The molecule has 0 aliphatic heterocycles. The number of rotatable bonds is 5. The number of nitrogens with zero attached hydrogens (tertiary/aromatic N) is 3. The number of nitrogen functional groups attached to an aromatic ring is 1. The first-order chi connectivity index (χ1) is 8.63. The summed E-state index contributed by atoms with van der Waals surface area (Å²) in [6.07, 6.45) is 4.79. The van der Waals surface area contributed by atoms with Crippen LogP contribution in [0.4, 0.5) is 5.13 Å². The molecule has 0 radical (unpaired) electrons. The van der Waals surface area contributed by atoms with Gasteiger partial charge < -0.3 is 11.1 Å². The SMILES string of the molecule is Cn1cc(CCNC(=O)Cc2csc(N)n2)cn1. The van der Waals surface area contributed by atoms with Crippen molar-refractivity contribution >= 4 is 22.4 Å². The van der Waals surface area contributed by atoms with Crippen molar-refractivity contribution in [1.82, 2.24) is 20.1 Å². The quantitative estimate of drug-likeness (QED) is 0.817. The molecule has 0 aliphatic carbocycles. The van der Waals surface area contributed by atoms with Gasteiger partial charge in [0.05, 0.1) is 18.3 Å². The van der Waals surface area contributed by atoms with Crippen LogP contribution < -0.4 is 11.1 Å². The van der Waals surface area contributed by atoms with Crippen LogP contribution in [0.15, 0.2) is 17.8 Å². The van der Waals surface area contributed by atoms with E-state index in [4.69, 9.17) is 5.73 Å². The Balaban J connectivity index is 1.72. The summed E-state index contributed by atoms with van der Waals surface area (Å²) in [5.41, 5.74) is 7.33. The van der Waals surface area contributed by atoms with Crippen molar-refractivity contribution in [2.45, 2.75) is 12.8 Å². The van der Waals surface area contributed by atoms with E-state index in [1.165, 1.54) is 11.3 Å². The number of hydrogen-bond acceptors (Lipinski definition) is 5. The maximum atomic E-state index is 11.6. The maximum absolute atomic E-state index is 11.6. The highest BCUT2D eigenvalue weighted by atomic mass is 32.1. The molecule has 6 nitrogen and oxygen atoms in total. The molecular formula is C11H15N5OS. The fraction of sp³-hybridized carbons (Fsp3) is 0.364. The molecular weight excluding hydrogens is 250 g/mol. The second-order valence-corrected chi connectivity index (χ2v) is 4.87. The van der Waals surface area contributed by atoms with Crippen LogP contribution in [0, 0.1) is 0 Å². The molecule has 0 saturated heterocycles. The minimum Gasteiger partial charge on any atom is -0.375 e. The summed E-state index contributed by atoms with van der Waals surface area (Å²) >= 11 is 1.35. The van der Waals surface area contributed by atoms with Crippen LogP contribution in [-0.4, -0.2) is 27.2 Å². The van der Waals surface area contributed by atoms with Gasteiger partial charge in [0.15, 0.2) is 5.13 Å². The van der Waals surface area contributed by atoms with Crippen LogP contribution in [-0.2, 0) is 24.7 Å². The van der Waals surface area contributed by atoms with Crippen molar-refractivity contribution in [3.8, 4) is 0 Å². The molecule has 0 saturated carbocycles. The molecule has 0 aliphatic rings. The Morgan fingerprint density at radius 3 is 3.06 bits per heavy atom. The predicted octanol–water partition coefficient (Wildman–Crippen LogP) is 0.360. The third-order valence-corrected chi connectivity index (χ3v) is 3.13. The predicted molar refractivity (Wildman–Crippen MR) is 70.2 cm³/mol. The van der Waals surface area contributed by atoms with Gasteiger partial charge in [-0.15, -0.1) is 11.3 Å². The molecule has 2 aromatic rings. The molecule has 1 amide bonds. The number of anilines is 1. The van der Waals surface area contributed by atoms with E-state index in [0.29, 0.717) is 11.7 Å². The number of aryl methyl sites for hydroxylation is 1. The smallest absolute Gasteiger partial charge is 0.226 e. The number of carbonyl (C=O) groups is 1. The van der Waals surface area contributed by atoms with E-state index >= 15 is 0 Å². The van der Waals surface area contributed by atoms with Gasteiger partial charge in [0, 0.05) is 25.2 Å². The van der Waals surface area contributed by atoms with Crippen molar-refractivity contribution in [3.05, 3.63) is 29.0 Å². The molecule has 2 rings (SSSR count). The Morgan fingerprint density at radius 2 is 2.44 bits per heavy atom. The van der Waals surface area contributed by atoms with Crippen LogP contribution in [0.3, 0.4) is 0 Å². The van der Waals surface area contributed by atoms with E-state index in [1.54, 1.807) is 16.3 Å². The van der Waals surface area contributed by atoms with E-state index in [-0.39, 0.29) is 12.3 Å². The van der Waals surface area contributed by atoms with Gasteiger partial charge in [0.2, 0.25) is 5.91 Å². The molecule has 0 fully saturated rings. The summed E-state index contributed by atoms with van der Waals surface area (Å²) in [6.45, 7) is 0.601. The molecule has 0 aromatic carbocycles. The molecule has 2 heterocycles. The average molecular weight is 265 g/mol. The highest BCUT2D eigenvalue weighted by Crippen LogP contribution is 2.11. The van der Waals surface area contributed by atoms with Gasteiger partial charge in [-0.1, -0.05) is 0 Å². The molecule has 0 unspecified atom stereocenters. The van der Waals surface area contributed by atoms with Gasteiger partial charge in [-0.3, -0.25) is 9.48 Å². The Morgan fingerprint density at radius 1 is 1.61 bits per heavy atom. The molecule has 18 heavy (non-hydrogen) atoms. The Bertz CT molecular complexity index is 533. The first-order valence-electron chi connectivity index (χ1n) is 5.57. The number of nitrogens with one attached hydrogen (secondary N) is 1. The highest BCUT2D eigenvalue weighted by Gasteiger charge is 2.06. The highest BCUT2D eigenvalue weighted by molar-refractivity contribution is 7.13. The Labute approximate surface area is 109 Å². The minimum atomic E-state index is -0.0378. The number of nitrogens with two attached hydrogens (primary N) is 1. The number of carbonyl (C=O) groups excluding carboxylic acids is 1. The summed E-state index contributed by atoms with van der Waals surface area (Å²) in [6, 6.07) is 0. The van der Waals surface area contributed by atoms with Crippen LogP contribution in [0.25, 0.3) is 0 Å². The van der Waals surface area contributed by atoms with Crippen LogP contribution >= 0.6 is 11.3 Å². The monoisotopic (exact) mass is 265 g/mol. The van der Waals surface area contributed by atoms with Crippen LogP contribution in [0.2, 0.25) is 0 Å². The van der Waals surface area contributed by atoms with Crippen molar-refractivity contribution in [2.75, 3.05) is 12.3 Å². The van der Waals surface area contributed by atoms with E-state index in [0.717, 1.165) is 17.7 Å². The first kappa shape index (κ1) is 12.6. The van der Waals surface area contributed by atoms with Crippen molar-refractivity contribution in [3.63, 3.8) is 0 Å². The second-order valence-electron chi connectivity index (χ2n) is 3.98. The van der Waals surface area contributed by atoms with Crippen LogP contribution in [0.5, 0.6) is 0 Å². The van der Waals surface area contributed by atoms with Gasteiger partial charge >= 0.3 is 0 Å². The summed E-state index contributed by atoms with van der Waals surface area (Å²) in [7, 11) is 1.87. The molecule has 7 heteroatoms. The number of hydrogen-bond donors (Lipinski definition) is 2. The largest absolute Gasteiger partial charge is 0.375 e. The normalized spacial score (nSPS) is 10.5. The van der Waals surface area contributed by atoms with Gasteiger partial charge in [0.25, 0.3) is 0 Å². The summed E-state index contributed by atoms with van der Waals surface area (Å²) < 4.78 is 1.75. The van der Waals surface area contributed by atoms with E-state index in [1.807, 2.05) is 13.2 Å². The number of thiazole rings is 1. The van der Waals surface area contributed by atoms with E-state index in [9.17, 15) is 4.79 Å². The van der Waals surface area contributed by atoms with E-state index < -0.39 is 0 Å². The lowest BCUT2D eigenvalue weighted by atomic mass is 10.2. The molecule has 0 spiro atoms. The molecule has 2 aromatic heterocycles. The zero-order chi connectivity index (χ0) is 13.0. The second kappa shape index (κ2) is 5.63. The van der Waals surface area contributed by atoms with Crippen molar-refractivity contribution in [2.24, 2.45) is 7.05 Å². The first-order valence-corrected chi connectivity index (χ1v) is 6.45. The zero-order valence-electron chi connectivity index (χ0n) is 10.1. The van der Waals surface area contributed by atoms with Crippen molar-refractivity contribution < 1.29 is 4.79 Å². The third kappa shape index (κ3) is 3.56. The summed E-state index contributed by atoms with van der Waals surface area (Å²) in [5.74, 6) is -0.0378. The lowest BCUT2D eigenvalue weighted by Gasteiger charge is -2.02. The number of amides is 1.